The number of carbonyl (C=O) groups is 1. The number of aromatic nitrogens is 3. The predicted molar refractivity (Wildman–Crippen MR) is 186 cm³/mol. The molecule has 3 fully saturated rings. The Bertz CT molecular complexity index is 1360. The number of aliphatic carboxylic acids is 1. The SMILES string of the molecule is C=CC.CCc1nc2c(C)cc(C)nc2n1CC1CCN(C)CC1.O=C(O)[C@@H](C1CCCCC1)N1CCC(c2ccccc2)C1. The average molecular weight is 616 g/mol. The number of likely N-dealkylation sites (tertiary alicyclic amines) is 2. The normalized spacial score (nSPS) is 20.6. The van der Waals surface area contributed by atoms with E-state index in [1.807, 2.05) is 13.0 Å². The number of allylic oxidation sites excluding steroid dienone is 1. The van der Waals surface area contributed by atoms with E-state index in [1.54, 1.807) is 6.08 Å². The molecule has 4 heterocycles. The maximum atomic E-state index is 11.8. The van der Waals surface area contributed by atoms with Crippen LogP contribution in [0.25, 0.3) is 11.2 Å². The molecular weight excluding hydrogens is 558 g/mol. The Morgan fingerprint density at radius 3 is 2.31 bits per heavy atom. The van der Waals surface area contributed by atoms with Gasteiger partial charge in [-0.25, -0.2) is 9.97 Å². The Hall–Kier alpha value is -3.03. The molecule has 7 nitrogen and oxygen atoms in total. The highest BCUT2D eigenvalue weighted by molar-refractivity contribution is 5.76. The average Bonchev–Trinajstić information content (AvgIpc) is 3.65. The number of benzene rings is 1. The first-order valence-electron chi connectivity index (χ1n) is 17.4. The number of pyridine rings is 1. The summed E-state index contributed by atoms with van der Waals surface area (Å²) in [7, 11) is 2.22. The second-order valence-corrected chi connectivity index (χ2v) is 13.5. The lowest BCUT2D eigenvalue weighted by Gasteiger charge is -2.33. The summed E-state index contributed by atoms with van der Waals surface area (Å²) >= 11 is 0. The summed E-state index contributed by atoms with van der Waals surface area (Å²) < 4.78 is 2.38. The molecule has 0 radical (unpaired) electrons. The van der Waals surface area contributed by atoms with Gasteiger partial charge in [-0.05, 0) is 115 Å². The van der Waals surface area contributed by atoms with E-state index in [0.29, 0.717) is 11.8 Å². The van der Waals surface area contributed by atoms with Crippen molar-refractivity contribution in [2.75, 3.05) is 33.2 Å². The predicted octanol–water partition coefficient (Wildman–Crippen LogP) is 7.65. The van der Waals surface area contributed by atoms with Crippen molar-refractivity contribution in [1.29, 1.82) is 0 Å². The summed E-state index contributed by atoms with van der Waals surface area (Å²) in [5.74, 6) is 2.18. The van der Waals surface area contributed by atoms with Gasteiger partial charge in [0.2, 0.25) is 0 Å². The van der Waals surface area contributed by atoms with Gasteiger partial charge in [0.15, 0.2) is 5.65 Å². The summed E-state index contributed by atoms with van der Waals surface area (Å²) in [5, 5.41) is 9.70. The molecule has 1 saturated carbocycles. The van der Waals surface area contributed by atoms with E-state index < -0.39 is 5.97 Å². The molecule has 6 rings (SSSR count). The second kappa shape index (κ2) is 17.0. The van der Waals surface area contributed by atoms with Crippen LogP contribution >= 0.6 is 0 Å². The van der Waals surface area contributed by atoms with E-state index in [-0.39, 0.29) is 6.04 Å². The van der Waals surface area contributed by atoms with Crippen LogP contribution in [0.3, 0.4) is 0 Å². The van der Waals surface area contributed by atoms with Crippen molar-refractivity contribution in [3.05, 3.63) is 71.7 Å². The van der Waals surface area contributed by atoms with Crippen LogP contribution in [0.15, 0.2) is 49.1 Å². The minimum atomic E-state index is -0.615. The van der Waals surface area contributed by atoms with Crippen LogP contribution in [0, 0.1) is 25.7 Å². The number of nitrogens with zero attached hydrogens (tertiary/aromatic N) is 5. The number of hydrogen-bond donors (Lipinski definition) is 1. The zero-order valence-electron chi connectivity index (χ0n) is 28.5. The van der Waals surface area contributed by atoms with Gasteiger partial charge in [0.1, 0.15) is 17.4 Å². The number of fused-ring (bicyclic) bond motifs is 1. The molecule has 2 aliphatic heterocycles. The monoisotopic (exact) mass is 615 g/mol. The van der Waals surface area contributed by atoms with E-state index in [9.17, 15) is 9.90 Å². The lowest BCUT2D eigenvalue weighted by molar-refractivity contribution is -0.145. The van der Waals surface area contributed by atoms with Crippen LogP contribution in [0.5, 0.6) is 0 Å². The smallest absolute Gasteiger partial charge is 0.321 e. The van der Waals surface area contributed by atoms with Crippen molar-refractivity contribution < 1.29 is 9.90 Å². The quantitative estimate of drug-likeness (QED) is 0.275. The van der Waals surface area contributed by atoms with Gasteiger partial charge >= 0.3 is 5.97 Å². The molecule has 3 aliphatic rings. The summed E-state index contributed by atoms with van der Waals surface area (Å²) in [6.07, 6.45) is 12.2. The van der Waals surface area contributed by atoms with Gasteiger partial charge in [0, 0.05) is 25.2 Å². The Labute approximate surface area is 271 Å². The first kappa shape index (κ1) is 34.8. The molecule has 1 unspecified atom stereocenters. The summed E-state index contributed by atoms with van der Waals surface area (Å²) in [6, 6.07) is 12.4. The van der Waals surface area contributed by atoms with Crippen molar-refractivity contribution >= 4 is 17.1 Å². The van der Waals surface area contributed by atoms with Gasteiger partial charge < -0.3 is 14.6 Å². The fourth-order valence-electron chi connectivity index (χ4n) is 7.56. The zero-order valence-corrected chi connectivity index (χ0v) is 28.5. The first-order chi connectivity index (χ1) is 21.7. The van der Waals surface area contributed by atoms with E-state index >= 15 is 0 Å². The molecule has 2 atom stereocenters. The maximum absolute atomic E-state index is 11.8. The third-order valence-electron chi connectivity index (χ3n) is 9.93. The molecule has 0 amide bonds. The van der Waals surface area contributed by atoms with Gasteiger partial charge in [-0.15, -0.1) is 6.58 Å². The summed E-state index contributed by atoms with van der Waals surface area (Å²) in [6.45, 7) is 17.0. The Balaban J connectivity index is 0.000000189. The Morgan fingerprint density at radius 2 is 1.69 bits per heavy atom. The Morgan fingerprint density at radius 1 is 1.02 bits per heavy atom. The van der Waals surface area contributed by atoms with E-state index in [2.05, 4.69) is 79.1 Å². The van der Waals surface area contributed by atoms with Crippen LogP contribution < -0.4 is 0 Å². The van der Waals surface area contributed by atoms with Crippen LogP contribution in [-0.4, -0.2) is 74.7 Å². The molecule has 2 saturated heterocycles. The first-order valence-corrected chi connectivity index (χ1v) is 17.4. The molecule has 2 aromatic heterocycles. The highest BCUT2D eigenvalue weighted by Gasteiger charge is 2.38. The number of imidazole rings is 1. The van der Waals surface area contributed by atoms with E-state index in [0.717, 1.165) is 68.1 Å². The number of aryl methyl sites for hydroxylation is 3. The third kappa shape index (κ3) is 9.26. The van der Waals surface area contributed by atoms with Crippen molar-refractivity contribution in [3.63, 3.8) is 0 Å². The van der Waals surface area contributed by atoms with Crippen LogP contribution in [0.1, 0.15) is 93.8 Å². The van der Waals surface area contributed by atoms with Crippen molar-refractivity contribution in [2.24, 2.45) is 11.8 Å². The summed E-state index contributed by atoms with van der Waals surface area (Å²) in [4.78, 5) is 26.1. The van der Waals surface area contributed by atoms with E-state index in [1.165, 1.54) is 62.1 Å². The maximum Gasteiger partial charge on any atom is 0.321 e. The van der Waals surface area contributed by atoms with Gasteiger partial charge in [-0.2, -0.15) is 0 Å². The molecular formula is C38H57N5O2. The fourth-order valence-corrected chi connectivity index (χ4v) is 7.56. The molecule has 1 aromatic carbocycles. The zero-order chi connectivity index (χ0) is 32.3. The van der Waals surface area contributed by atoms with Gasteiger partial charge in [0.05, 0.1) is 0 Å². The highest BCUT2D eigenvalue weighted by atomic mass is 16.4. The van der Waals surface area contributed by atoms with Gasteiger partial charge in [-0.1, -0.05) is 62.6 Å². The molecule has 0 bridgehead atoms. The Kier molecular flexibility index (Phi) is 13.2. The highest BCUT2D eigenvalue weighted by Crippen LogP contribution is 2.34. The van der Waals surface area contributed by atoms with Crippen molar-refractivity contribution in [2.45, 2.75) is 104 Å². The number of hydrogen-bond acceptors (Lipinski definition) is 5. The molecule has 7 heteroatoms. The second-order valence-electron chi connectivity index (χ2n) is 13.5. The number of rotatable bonds is 7. The van der Waals surface area contributed by atoms with Crippen LogP contribution in [0.4, 0.5) is 0 Å². The lowest BCUT2D eigenvalue weighted by Crippen LogP contribution is -2.45. The van der Waals surface area contributed by atoms with Crippen LogP contribution in [-0.2, 0) is 17.8 Å². The fraction of sp³-hybridized carbons (Fsp3) is 0.605. The largest absolute Gasteiger partial charge is 0.480 e. The molecule has 3 aromatic rings. The summed E-state index contributed by atoms with van der Waals surface area (Å²) in [5.41, 5.74) is 5.86. The minimum absolute atomic E-state index is 0.265. The van der Waals surface area contributed by atoms with Gasteiger partial charge in [-0.3, -0.25) is 9.69 Å². The molecule has 45 heavy (non-hydrogen) atoms. The third-order valence-corrected chi connectivity index (χ3v) is 9.93. The number of carboxylic acid groups (broad SMARTS) is 1. The lowest BCUT2D eigenvalue weighted by atomic mass is 9.83. The van der Waals surface area contributed by atoms with Crippen molar-refractivity contribution in [1.82, 2.24) is 24.3 Å². The molecule has 246 valence electrons. The number of piperidine rings is 1. The van der Waals surface area contributed by atoms with Gasteiger partial charge in [0.25, 0.3) is 0 Å². The van der Waals surface area contributed by atoms with Crippen molar-refractivity contribution in [3.8, 4) is 0 Å². The minimum Gasteiger partial charge on any atom is -0.480 e. The standard InChI is InChI=1S/C18H25NO2.C17H26N4.C3H6/c20-18(21)17(15-9-5-2-6-10-15)19-12-11-16(13-19)14-7-3-1-4-8-14;1-5-15-19-16-12(2)10-13(3)18-17(16)21(15)11-14-6-8-20(4)9-7-14;1-3-2/h1,3-4,7-8,15-17H,2,5-6,9-13H2,(H,20,21);10,14H,5-9,11H2,1-4H3;3H,1H2,2H3/t16?,17-;;/m1../s1. The topological polar surface area (TPSA) is 74.5 Å². The van der Waals surface area contributed by atoms with Crippen LogP contribution in [0.2, 0.25) is 0 Å². The number of carboxylic acids is 1. The molecule has 1 aliphatic carbocycles. The molecule has 1 N–H and O–H groups in total. The van der Waals surface area contributed by atoms with E-state index in [4.69, 9.17) is 9.97 Å². The molecule has 0 spiro atoms.